The summed E-state index contributed by atoms with van der Waals surface area (Å²) in [5.74, 6) is 0.973. The van der Waals surface area contributed by atoms with Crippen LogP contribution in [0.2, 0.25) is 0 Å². The normalized spacial score (nSPS) is 24.3. The lowest BCUT2D eigenvalue weighted by atomic mass is 10.2. The molecule has 0 spiro atoms. The molecular formula is C13H20N4O. The Labute approximate surface area is 108 Å². The molecular weight excluding hydrogens is 228 g/mol. The first-order chi connectivity index (χ1) is 8.83. The zero-order valence-electron chi connectivity index (χ0n) is 10.8. The highest BCUT2D eigenvalue weighted by atomic mass is 16.5. The van der Waals surface area contributed by atoms with Crippen molar-refractivity contribution in [3.8, 4) is 0 Å². The molecule has 0 amide bonds. The van der Waals surface area contributed by atoms with Crippen molar-refractivity contribution in [3.63, 3.8) is 0 Å². The van der Waals surface area contributed by atoms with Gasteiger partial charge in [-0.2, -0.15) is 0 Å². The summed E-state index contributed by atoms with van der Waals surface area (Å²) < 4.78 is 5.45. The van der Waals surface area contributed by atoms with Crippen molar-refractivity contribution < 1.29 is 4.74 Å². The van der Waals surface area contributed by atoms with Crippen LogP contribution < -0.4 is 10.2 Å². The zero-order chi connectivity index (χ0) is 12.4. The third-order valence-corrected chi connectivity index (χ3v) is 3.48. The lowest BCUT2D eigenvalue weighted by Crippen LogP contribution is -2.44. The van der Waals surface area contributed by atoms with Gasteiger partial charge in [-0.3, -0.25) is 4.98 Å². The Morgan fingerprint density at radius 3 is 3.11 bits per heavy atom. The Morgan fingerprint density at radius 1 is 1.44 bits per heavy atom. The number of rotatable bonds is 4. The largest absolute Gasteiger partial charge is 0.377 e. The molecule has 1 atom stereocenters. The Hall–Kier alpha value is -1.20. The standard InChI is InChI=1S/C13H20N4O/c1-10-9-18-5-4-17(10)13-8-14-6-12(16-13)7-15-11-2-3-11/h6,8,10-11,15H,2-5,7,9H2,1H3. The predicted molar refractivity (Wildman–Crippen MR) is 69.5 cm³/mol. The maximum atomic E-state index is 5.45. The monoisotopic (exact) mass is 248 g/mol. The quantitative estimate of drug-likeness (QED) is 0.860. The highest BCUT2D eigenvalue weighted by Gasteiger charge is 2.22. The molecule has 2 fully saturated rings. The zero-order valence-corrected chi connectivity index (χ0v) is 10.8. The van der Waals surface area contributed by atoms with Gasteiger partial charge in [-0.05, 0) is 19.8 Å². The maximum Gasteiger partial charge on any atom is 0.147 e. The van der Waals surface area contributed by atoms with Crippen molar-refractivity contribution in [1.29, 1.82) is 0 Å². The molecule has 5 nitrogen and oxygen atoms in total. The van der Waals surface area contributed by atoms with Crippen LogP contribution in [0.15, 0.2) is 12.4 Å². The summed E-state index contributed by atoms with van der Waals surface area (Å²) in [7, 11) is 0. The fraction of sp³-hybridized carbons (Fsp3) is 0.692. The molecule has 2 heterocycles. The fourth-order valence-electron chi connectivity index (χ4n) is 2.22. The summed E-state index contributed by atoms with van der Waals surface area (Å²) in [6.07, 6.45) is 6.30. The summed E-state index contributed by atoms with van der Waals surface area (Å²) in [6.45, 7) is 5.43. The minimum Gasteiger partial charge on any atom is -0.377 e. The van der Waals surface area contributed by atoms with Gasteiger partial charge in [0.25, 0.3) is 0 Å². The van der Waals surface area contributed by atoms with Crippen LogP contribution in [0.3, 0.4) is 0 Å². The second kappa shape index (κ2) is 5.20. The summed E-state index contributed by atoms with van der Waals surface area (Å²) in [6, 6.07) is 1.08. The van der Waals surface area contributed by atoms with Crippen LogP contribution in [0.5, 0.6) is 0 Å². The van der Waals surface area contributed by atoms with Gasteiger partial charge in [-0.15, -0.1) is 0 Å². The molecule has 1 unspecified atom stereocenters. The number of nitrogens with one attached hydrogen (secondary N) is 1. The van der Waals surface area contributed by atoms with Crippen molar-refractivity contribution in [2.24, 2.45) is 0 Å². The summed E-state index contributed by atoms with van der Waals surface area (Å²) >= 11 is 0. The van der Waals surface area contributed by atoms with E-state index in [1.54, 1.807) is 0 Å². The van der Waals surface area contributed by atoms with Gasteiger partial charge in [0.2, 0.25) is 0 Å². The van der Waals surface area contributed by atoms with Crippen molar-refractivity contribution in [3.05, 3.63) is 18.1 Å². The smallest absolute Gasteiger partial charge is 0.147 e. The van der Waals surface area contributed by atoms with Crippen LogP contribution in [0.25, 0.3) is 0 Å². The lowest BCUT2D eigenvalue weighted by molar-refractivity contribution is 0.0985. The van der Waals surface area contributed by atoms with Gasteiger partial charge in [0, 0.05) is 25.3 Å². The third-order valence-electron chi connectivity index (χ3n) is 3.48. The number of hydrogen-bond donors (Lipinski definition) is 1. The summed E-state index contributed by atoms with van der Waals surface area (Å²) in [5.41, 5.74) is 1.03. The molecule has 0 radical (unpaired) electrons. The van der Waals surface area contributed by atoms with E-state index in [0.717, 1.165) is 37.8 Å². The van der Waals surface area contributed by atoms with Crippen LogP contribution in [-0.2, 0) is 11.3 Å². The number of hydrogen-bond acceptors (Lipinski definition) is 5. The van der Waals surface area contributed by atoms with Crippen LogP contribution >= 0.6 is 0 Å². The third kappa shape index (κ3) is 2.79. The Balaban J connectivity index is 1.68. The molecule has 98 valence electrons. The van der Waals surface area contributed by atoms with Gasteiger partial charge in [0.05, 0.1) is 31.1 Å². The Morgan fingerprint density at radius 2 is 2.33 bits per heavy atom. The van der Waals surface area contributed by atoms with Crippen LogP contribution in [0, 0.1) is 0 Å². The van der Waals surface area contributed by atoms with Crippen LogP contribution in [-0.4, -0.2) is 41.8 Å². The van der Waals surface area contributed by atoms with Crippen molar-refractivity contribution in [2.75, 3.05) is 24.7 Å². The molecule has 1 saturated carbocycles. The van der Waals surface area contributed by atoms with Crippen LogP contribution in [0.1, 0.15) is 25.5 Å². The molecule has 1 N–H and O–H groups in total. The van der Waals surface area contributed by atoms with Gasteiger partial charge >= 0.3 is 0 Å². The van der Waals surface area contributed by atoms with E-state index in [2.05, 4.69) is 22.1 Å². The molecule has 3 rings (SSSR count). The van der Waals surface area contributed by atoms with Crippen LogP contribution in [0.4, 0.5) is 5.82 Å². The molecule has 5 heteroatoms. The molecule has 1 aliphatic heterocycles. The predicted octanol–water partition coefficient (Wildman–Crippen LogP) is 0.954. The topological polar surface area (TPSA) is 50.3 Å². The summed E-state index contributed by atoms with van der Waals surface area (Å²) in [5, 5.41) is 3.47. The highest BCUT2D eigenvalue weighted by molar-refractivity contribution is 5.38. The molecule has 0 bridgehead atoms. The van der Waals surface area contributed by atoms with E-state index in [1.807, 2.05) is 12.4 Å². The van der Waals surface area contributed by atoms with E-state index in [9.17, 15) is 0 Å². The summed E-state index contributed by atoms with van der Waals surface area (Å²) in [4.78, 5) is 11.3. The Kier molecular flexibility index (Phi) is 3.43. The van der Waals surface area contributed by atoms with E-state index >= 15 is 0 Å². The van der Waals surface area contributed by atoms with E-state index in [4.69, 9.17) is 9.72 Å². The van der Waals surface area contributed by atoms with Crippen molar-refractivity contribution >= 4 is 5.82 Å². The molecule has 18 heavy (non-hydrogen) atoms. The van der Waals surface area contributed by atoms with E-state index in [-0.39, 0.29) is 0 Å². The average Bonchev–Trinajstić information content (AvgIpc) is 3.21. The van der Waals surface area contributed by atoms with Gasteiger partial charge < -0.3 is 15.0 Å². The minimum absolute atomic E-state index is 0.375. The van der Waals surface area contributed by atoms with Gasteiger partial charge in [-0.1, -0.05) is 0 Å². The van der Waals surface area contributed by atoms with Gasteiger partial charge in [-0.25, -0.2) is 4.98 Å². The first-order valence-electron chi connectivity index (χ1n) is 6.71. The lowest BCUT2D eigenvalue weighted by Gasteiger charge is -2.34. The number of morpholine rings is 1. The average molecular weight is 248 g/mol. The van der Waals surface area contributed by atoms with Gasteiger partial charge in [0.15, 0.2) is 0 Å². The van der Waals surface area contributed by atoms with Crippen molar-refractivity contribution in [2.45, 2.75) is 38.4 Å². The number of anilines is 1. The molecule has 1 aromatic heterocycles. The Bertz CT molecular complexity index is 408. The number of ether oxygens (including phenoxy) is 1. The molecule has 2 aliphatic rings. The second-order valence-electron chi connectivity index (χ2n) is 5.14. The van der Waals surface area contributed by atoms with E-state index in [0.29, 0.717) is 12.1 Å². The van der Waals surface area contributed by atoms with E-state index < -0.39 is 0 Å². The number of nitrogens with zero attached hydrogens (tertiary/aromatic N) is 3. The molecule has 0 aromatic carbocycles. The second-order valence-corrected chi connectivity index (χ2v) is 5.14. The molecule has 1 aromatic rings. The van der Waals surface area contributed by atoms with Gasteiger partial charge in [0.1, 0.15) is 5.82 Å². The molecule has 1 aliphatic carbocycles. The maximum absolute atomic E-state index is 5.45. The van der Waals surface area contributed by atoms with Crippen molar-refractivity contribution in [1.82, 2.24) is 15.3 Å². The SMILES string of the molecule is CC1COCCN1c1cncc(CNC2CC2)n1. The fourth-order valence-corrected chi connectivity index (χ4v) is 2.22. The number of aromatic nitrogens is 2. The minimum atomic E-state index is 0.375. The first-order valence-corrected chi connectivity index (χ1v) is 6.71. The van der Waals surface area contributed by atoms with E-state index in [1.165, 1.54) is 12.8 Å². The molecule has 1 saturated heterocycles. The first kappa shape index (κ1) is 11.9. The highest BCUT2D eigenvalue weighted by Crippen LogP contribution is 2.20.